The molecule has 8 aromatic carbocycles. The van der Waals surface area contributed by atoms with E-state index in [-0.39, 0.29) is 0 Å². The fraction of sp³-hybridized carbons (Fsp3) is 0. The summed E-state index contributed by atoms with van der Waals surface area (Å²) in [4.78, 5) is 0. The Bertz CT molecular complexity index is 3500. The highest BCUT2D eigenvalue weighted by Gasteiger charge is 2.19. The first-order chi connectivity index (χ1) is 27.7. The van der Waals surface area contributed by atoms with Crippen molar-refractivity contribution in [3.63, 3.8) is 0 Å². The summed E-state index contributed by atoms with van der Waals surface area (Å²) in [6.07, 6.45) is 0. The Labute approximate surface area is 318 Å². The van der Waals surface area contributed by atoms with E-state index in [1.807, 2.05) is 60.7 Å². The summed E-state index contributed by atoms with van der Waals surface area (Å²) in [5.41, 5.74) is 12.8. The summed E-state index contributed by atoms with van der Waals surface area (Å²) < 4.78 is 17.2. The van der Waals surface area contributed by atoms with Crippen molar-refractivity contribution in [3.8, 4) is 34.6 Å². The van der Waals surface area contributed by atoms with E-state index < -0.39 is 0 Å². The Morgan fingerprint density at radius 3 is 1.20 bits per heavy atom. The fourth-order valence-electron chi connectivity index (χ4n) is 8.95. The van der Waals surface area contributed by atoms with Crippen LogP contribution in [0.25, 0.3) is 110 Å². The normalized spacial score (nSPS) is 11.9. The minimum atomic E-state index is 0.663. The van der Waals surface area contributed by atoms with Crippen LogP contribution in [0.1, 0.15) is 11.1 Å². The van der Waals surface area contributed by atoms with Gasteiger partial charge in [0.25, 0.3) is 0 Å². The molecular weight excluding hydrogens is 689 g/mol. The van der Waals surface area contributed by atoms with Crippen molar-refractivity contribution in [2.24, 2.45) is 0 Å². The van der Waals surface area contributed by atoms with Crippen molar-refractivity contribution in [1.29, 1.82) is 10.5 Å². The molecule has 0 saturated heterocycles. The van der Waals surface area contributed by atoms with E-state index in [1.165, 1.54) is 0 Å². The molecule has 12 aromatic rings. The molecule has 0 aliphatic carbocycles. The molecule has 12 rings (SSSR count). The lowest BCUT2D eigenvalue weighted by atomic mass is 10.0. The van der Waals surface area contributed by atoms with Crippen LogP contribution < -0.4 is 0 Å². The van der Waals surface area contributed by atoms with Crippen LogP contribution in [-0.2, 0) is 0 Å². The molecule has 0 fully saturated rings. The van der Waals surface area contributed by atoms with Crippen molar-refractivity contribution < 1.29 is 8.83 Å². The van der Waals surface area contributed by atoms with Crippen molar-refractivity contribution in [3.05, 3.63) is 169 Å². The van der Waals surface area contributed by atoms with Gasteiger partial charge in [0.15, 0.2) is 0 Å². The lowest BCUT2D eigenvalue weighted by molar-refractivity contribution is 0.668. The predicted molar refractivity (Wildman–Crippen MR) is 225 cm³/mol. The summed E-state index contributed by atoms with van der Waals surface area (Å²) in [5, 5.41) is 28.1. The lowest BCUT2D eigenvalue weighted by Gasteiger charge is -2.08. The van der Waals surface area contributed by atoms with Gasteiger partial charge >= 0.3 is 0 Å². The number of hydrogen-bond donors (Lipinski definition) is 0. The van der Waals surface area contributed by atoms with Crippen LogP contribution in [0.15, 0.2) is 167 Å². The topological polar surface area (TPSA) is 83.7 Å². The van der Waals surface area contributed by atoms with Crippen molar-refractivity contribution in [2.75, 3.05) is 0 Å². The maximum Gasteiger partial charge on any atom is 0.135 e. The van der Waals surface area contributed by atoms with Crippen LogP contribution in [0.3, 0.4) is 0 Å². The average molecular weight is 715 g/mol. The van der Waals surface area contributed by atoms with Gasteiger partial charge in [-0.3, -0.25) is 0 Å². The molecule has 0 saturated carbocycles. The number of para-hydroxylation sites is 2. The number of hydrogen-bond acceptors (Lipinski definition) is 4. The van der Waals surface area contributed by atoms with Crippen LogP contribution in [0, 0.1) is 22.7 Å². The monoisotopic (exact) mass is 714 g/mol. The zero-order valence-corrected chi connectivity index (χ0v) is 29.6. The molecule has 0 unspecified atom stereocenters. The Balaban J connectivity index is 1.01. The summed E-state index contributed by atoms with van der Waals surface area (Å²) in [6.45, 7) is 0. The van der Waals surface area contributed by atoms with E-state index in [9.17, 15) is 10.5 Å². The maximum atomic E-state index is 9.98. The molecule has 4 aromatic heterocycles. The van der Waals surface area contributed by atoms with Gasteiger partial charge in [0.05, 0.1) is 45.3 Å². The number of furan rings is 2. The van der Waals surface area contributed by atoms with E-state index in [2.05, 4.69) is 118 Å². The first-order valence-electron chi connectivity index (χ1n) is 18.5. The second kappa shape index (κ2) is 11.2. The van der Waals surface area contributed by atoms with E-state index >= 15 is 0 Å². The highest BCUT2D eigenvalue weighted by Crippen LogP contribution is 2.40. The molecule has 0 spiro atoms. The molecule has 0 aliphatic rings. The van der Waals surface area contributed by atoms with Gasteiger partial charge in [0.2, 0.25) is 0 Å². The zero-order valence-electron chi connectivity index (χ0n) is 29.6. The number of fused-ring (bicyclic) bond motifs is 12. The zero-order chi connectivity index (χ0) is 37.1. The third kappa shape index (κ3) is 4.13. The van der Waals surface area contributed by atoms with Gasteiger partial charge in [-0.25, -0.2) is 0 Å². The largest absolute Gasteiger partial charge is 0.456 e. The molecule has 0 aliphatic heterocycles. The highest BCUT2D eigenvalue weighted by molar-refractivity contribution is 6.14. The van der Waals surface area contributed by atoms with E-state index in [4.69, 9.17) is 8.83 Å². The molecule has 0 bridgehead atoms. The molecular formula is C50H26N4O2. The van der Waals surface area contributed by atoms with Crippen LogP contribution in [-0.4, -0.2) is 9.13 Å². The molecule has 258 valence electrons. The maximum absolute atomic E-state index is 9.98. The van der Waals surface area contributed by atoms with Gasteiger partial charge < -0.3 is 18.0 Å². The summed E-state index contributed by atoms with van der Waals surface area (Å²) in [6, 6.07) is 58.5. The summed E-state index contributed by atoms with van der Waals surface area (Å²) in [7, 11) is 0. The highest BCUT2D eigenvalue weighted by atomic mass is 16.3. The Morgan fingerprint density at radius 2 is 0.750 bits per heavy atom. The number of aromatic nitrogens is 2. The van der Waals surface area contributed by atoms with Gasteiger partial charge in [-0.2, -0.15) is 10.5 Å². The Kier molecular flexibility index (Phi) is 6.10. The van der Waals surface area contributed by atoms with Gasteiger partial charge in [-0.15, -0.1) is 0 Å². The Morgan fingerprint density at radius 1 is 0.357 bits per heavy atom. The van der Waals surface area contributed by atoms with Gasteiger partial charge in [-0.05, 0) is 108 Å². The van der Waals surface area contributed by atoms with Gasteiger partial charge in [0.1, 0.15) is 22.3 Å². The van der Waals surface area contributed by atoms with E-state index in [0.29, 0.717) is 11.1 Å². The quantitative estimate of drug-likeness (QED) is 0.182. The molecule has 0 N–H and O–H groups in total. The Hall–Kier alpha value is -8.06. The molecule has 0 radical (unpaired) electrons. The first kappa shape index (κ1) is 30.4. The van der Waals surface area contributed by atoms with Crippen molar-refractivity contribution in [2.45, 2.75) is 0 Å². The molecule has 4 heterocycles. The smallest absolute Gasteiger partial charge is 0.135 e. The van der Waals surface area contributed by atoms with Crippen molar-refractivity contribution >= 4 is 87.5 Å². The molecule has 56 heavy (non-hydrogen) atoms. The number of nitriles is 2. The second-order valence-electron chi connectivity index (χ2n) is 14.3. The van der Waals surface area contributed by atoms with Crippen LogP contribution >= 0.6 is 0 Å². The lowest BCUT2D eigenvalue weighted by Crippen LogP contribution is -1.93. The predicted octanol–water partition coefficient (Wildman–Crippen LogP) is 13.1. The third-order valence-corrected chi connectivity index (χ3v) is 11.4. The van der Waals surface area contributed by atoms with Gasteiger partial charge in [0, 0.05) is 54.5 Å². The standard InChI is InChI=1S/C50H26N4O2/c51-27-31-7-5-13-43-49(31)35-9-1-3-11-41(35)53(43)33-17-21-47-39(25-33)37-23-29(15-19-45(37)55-47)30-16-20-46-38(24-30)40-26-34(18-22-48(40)56-46)54-42-12-4-2-10-36(42)50-32(28-52)8-6-14-44(50)54/h1-26H. The number of benzene rings is 8. The minimum Gasteiger partial charge on any atom is -0.456 e. The molecule has 6 nitrogen and oxygen atoms in total. The van der Waals surface area contributed by atoms with Crippen molar-refractivity contribution in [1.82, 2.24) is 9.13 Å². The minimum absolute atomic E-state index is 0.663. The van der Waals surface area contributed by atoms with Gasteiger partial charge in [-0.1, -0.05) is 60.7 Å². The molecule has 6 heteroatoms. The second-order valence-corrected chi connectivity index (χ2v) is 14.3. The third-order valence-electron chi connectivity index (χ3n) is 11.4. The fourth-order valence-corrected chi connectivity index (χ4v) is 8.95. The van der Waals surface area contributed by atoms with E-state index in [0.717, 1.165) is 110 Å². The number of nitrogens with zero attached hydrogens (tertiary/aromatic N) is 4. The number of rotatable bonds is 3. The van der Waals surface area contributed by atoms with E-state index in [1.54, 1.807) is 0 Å². The van der Waals surface area contributed by atoms with Crippen LogP contribution in [0.2, 0.25) is 0 Å². The first-order valence-corrected chi connectivity index (χ1v) is 18.5. The molecule has 0 atom stereocenters. The van der Waals surface area contributed by atoms with Crippen LogP contribution in [0.4, 0.5) is 0 Å². The average Bonchev–Trinajstić information content (AvgIpc) is 4.00. The van der Waals surface area contributed by atoms with Crippen LogP contribution in [0.5, 0.6) is 0 Å². The summed E-state index contributed by atoms with van der Waals surface area (Å²) >= 11 is 0. The SMILES string of the molecule is N#Cc1cccc2c1c1ccccc1n2-c1ccc2oc3ccc(-c4ccc5oc6ccc(-n7c8ccccc8c8c(C#N)cccc87)cc6c5c4)cc3c2c1. The summed E-state index contributed by atoms with van der Waals surface area (Å²) in [5.74, 6) is 0. The molecule has 0 amide bonds.